The molecule has 0 atom stereocenters. The number of sulfone groups is 1. The molecular weight excluding hydrogens is 272 g/mol. The number of nitrogens with one attached hydrogen (secondary N) is 1. The Morgan fingerprint density at radius 1 is 1.47 bits per heavy atom. The van der Waals surface area contributed by atoms with Crippen molar-refractivity contribution >= 4 is 15.8 Å². The third-order valence-corrected chi connectivity index (χ3v) is 4.28. The fourth-order valence-electron chi connectivity index (χ4n) is 2.37. The molecule has 0 aromatic carbocycles. The molecule has 0 radical (unpaired) electrons. The van der Waals surface area contributed by atoms with Gasteiger partial charge in [0.25, 0.3) is 0 Å². The number of rotatable bonds is 3. The van der Waals surface area contributed by atoms with Crippen molar-refractivity contribution in [1.29, 1.82) is 0 Å². The van der Waals surface area contributed by atoms with Crippen LogP contribution in [0.15, 0.2) is 5.03 Å². The normalized spacial score (nSPS) is 17.5. The number of carboxylic acid groups (broad SMARTS) is 1. The Bertz CT molecular complexity index is 601. The van der Waals surface area contributed by atoms with Crippen LogP contribution in [0.25, 0.3) is 0 Å². The average Bonchev–Trinajstić information content (AvgIpc) is 2.68. The standard InChI is InChI=1S/C10H16N4O4S/c1-19(17,18)9-7(10(15)16)8(13-14(9)11)6-2-4-12-5-3-6/h6,12H,2-5,11H2,1H3,(H,15,16). The second-order valence-corrected chi connectivity index (χ2v) is 6.54. The number of carbonyl (C=O) groups is 1. The van der Waals surface area contributed by atoms with E-state index >= 15 is 0 Å². The molecule has 1 fully saturated rings. The summed E-state index contributed by atoms with van der Waals surface area (Å²) >= 11 is 0. The average molecular weight is 288 g/mol. The molecule has 0 spiro atoms. The topological polar surface area (TPSA) is 127 Å². The van der Waals surface area contributed by atoms with Crippen molar-refractivity contribution in [3.05, 3.63) is 11.3 Å². The summed E-state index contributed by atoms with van der Waals surface area (Å²) in [6.07, 6.45) is 2.34. The molecule has 4 N–H and O–H groups in total. The van der Waals surface area contributed by atoms with Crippen LogP contribution in [0.1, 0.15) is 34.8 Å². The van der Waals surface area contributed by atoms with Crippen molar-refractivity contribution in [2.24, 2.45) is 0 Å². The van der Waals surface area contributed by atoms with Crippen LogP contribution in [-0.4, -0.2) is 48.7 Å². The quantitative estimate of drug-likeness (QED) is 0.619. The van der Waals surface area contributed by atoms with E-state index in [9.17, 15) is 18.3 Å². The van der Waals surface area contributed by atoms with Crippen molar-refractivity contribution in [1.82, 2.24) is 15.2 Å². The highest BCUT2D eigenvalue weighted by atomic mass is 32.2. The number of aromatic nitrogens is 2. The van der Waals surface area contributed by atoms with E-state index in [0.717, 1.165) is 19.3 Å². The van der Waals surface area contributed by atoms with Gasteiger partial charge in [-0.2, -0.15) is 9.89 Å². The third-order valence-electron chi connectivity index (χ3n) is 3.18. The summed E-state index contributed by atoms with van der Waals surface area (Å²) in [6, 6.07) is 0. The molecule has 106 valence electrons. The van der Waals surface area contributed by atoms with Crippen molar-refractivity contribution in [3.8, 4) is 0 Å². The lowest BCUT2D eigenvalue weighted by atomic mass is 9.92. The number of piperidine rings is 1. The van der Waals surface area contributed by atoms with Crippen LogP contribution in [0.4, 0.5) is 0 Å². The summed E-state index contributed by atoms with van der Waals surface area (Å²) in [4.78, 5) is 12.0. The molecule has 2 rings (SSSR count). The van der Waals surface area contributed by atoms with Gasteiger partial charge in [0.15, 0.2) is 14.9 Å². The van der Waals surface area contributed by atoms with Gasteiger partial charge in [-0.25, -0.2) is 13.2 Å². The summed E-state index contributed by atoms with van der Waals surface area (Å²) < 4.78 is 23.3. The molecule has 8 nitrogen and oxygen atoms in total. The molecule has 9 heteroatoms. The van der Waals surface area contributed by atoms with Crippen LogP contribution in [0.2, 0.25) is 0 Å². The van der Waals surface area contributed by atoms with Crippen molar-refractivity contribution in [2.45, 2.75) is 23.8 Å². The number of nitrogen functional groups attached to an aromatic ring is 1. The summed E-state index contributed by atoms with van der Waals surface area (Å²) in [7, 11) is -3.75. The lowest BCUT2D eigenvalue weighted by Crippen LogP contribution is -2.27. The second-order valence-electron chi connectivity index (χ2n) is 4.61. The molecule has 1 aliphatic heterocycles. The molecule has 0 bridgehead atoms. The van der Waals surface area contributed by atoms with E-state index in [1.54, 1.807) is 0 Å². The van der Waals surface area contributed by atoms with Gasteiger partial charge < -0.3 is 16.3 Å². The highest BCUT2D eigenvalue weighted by Gasteiger charge is 2.33. The van der Waals surface area contributed by atoms with Crippen LogP contribution < -0.4 is 11.2 Å². The van der Waals surface area contributed by atoms with Gasteiger partial charge in [0, 0.05) is 12.2 Å². The maximum atomic E-state index is 11.7. The Morgan fingerprint density at radius 2 is 2.05 bits per heavy atom. The van der Waals surface area contributed by atoms with Crippen molar-refractivity contribution < 1.29 is 18.3 Å². The number of hydrogen-bond donors (Lipinski definition) is 3. The number of hydrogen-bond acceptors (Lipinski definition) is 6. The Morgan fingerprint density at radius 3 is 2.53 bits per heavy atom. The Kier molecular flexibility index (Phi) is 3.50. The first kappa shape index (κ1) is 13.8. The third kappa shape index (κ3) is 2.56. The minimum absolute atomic E-state index is 0.0855. The highest BCUT2D eigenvalue weighted by molar-refractivity contribution is 7.90. The molecule has 2 heterocycles. The fourth-order valence-corrected chi connectivity index (χ4v) is 3.32. The van der Waals surface area contributed by atoms with Gasteiger partial charge in [-0.05, 0) is 25.9 Å². The van der Waals surface area contributed by atoms with Crippen LogP contribution in [0.5, 0.6) is 0 Å². The lowest BCUT2D eigenvalue weighted by Gasteiger charge is -2.21. The summed E-state index contributed by atoms with van der Waals surface area (Å²) in [5.74, 6) is 4.12. The summed E-state index contributed by atoms with van der Waals surface area (Å²) in [5.41, 5.74) is -0.0335. The SMILES string of the molecule is CS(=O)(=O)c1c(C(=O)O)c(C2CCNCC2)nn1N. The van der Waals surface area contributed by atoms with E-state index in [1.807, 2.05) is 0 Å². The van der Waals surface area contributed by atoms with Gasteiger partial charge in [-0.3, -0.25) is 0 Å². The van der Waals surface area contributed by atoms with Gasteiger partial charge in [-0.15, -0.1) is 0 Å². The smallest absolute Gasteiger partial charge is 0.340 e. The van der Waals surface area contributed by atoms with Gasteiger partial charge >= 0.3 is 5.97 Å². The summed E-state index contributed by atoms with van der Waals surface area (Å²) in [5, 5.41) is 15.9. The van der Waals surface area contributed by atoms with E-state index in [4.69, 9.17) is 5.84 Å². The first-order valence-corrected chi connectivity index (χ1v) is 7.73. The highest BCUT2D eigenvalue weighted by Crippen LogP contribution is 2.30. The van der Waals surface area contributed by atoms with Gasteiger partial charge in [0.2, 0.25) is 0 Å². The van der Waals surface area contributed by atoms with Crippen molar-refractivity contribution in [3.63, 3.8) is 0 Å². The zero-order valence-electron chi connectivity index (χ0n) is 10.5. The zero-order valence-corrected chi connectivity index (χ0v) is 11.3. The molecule has 1 aromatic heterocycles. The van der Waals surface area contributed by atoms with Gasteiger partial charge in [-0.1, -0.05) is 0 Å². The Labute approximate surface area is 110 Å². The molecule has 0 aliphatic carbocycles. The molecule has 0 saturated carbocycles. The van der Waals surface area contributed by atoms with Crippen LogP contribution in [0, 0.1) is 0 Å². The minimum Gasteiger partial charge on any atom is -0.478 e. The van der Waals surface area contributed by atoms with Crippen LogP contribution in [-0.2, 0) is 9.84 Å². The number of nitrogens with two attached hydrogens (primary N) is 1. The maximum Gasteiger partial charge on any atom is 0.340 e. The van der Waals surface area contributed by atoms with Crippen LogP contribution >= 0.6 is 0 Å². The minimum atomic E-state index is -3.75. The molecule has 19 heavy (non-hydrogen) atoms. The van der Waals surface area contributed by atoms with Crippen LogP contribution in [0.3, 0.4) is 0 Å². The fraction of sp³-hybridized carbons (Fsp3) is 0.600. The molecule has 1 saturated heterocycles. The number of nitrogens with zero attached hydrogens (tertiary/aromatic N) is 2. The second kappa shape index (κ2) is 4.82. The lowest BCUT2D eigenvalue weighted by molar-refractivity contribution is 0.0690. The van der Waals surface area contributed by atoms with E-state index in [2.05, 4.69) is 10.4 Å². The van der Waals surface area contributed by atoms with E-state index in [1.165, 1.54) is 0 Å². The maximum absolute atomic E-state index is 11.7. The summed E-state index contributed by atoms with van der Waals surface area (Å²) in [6.45, 7) is 1.49. The number of aromatic carboxylic acids is 1. The van der Waals surface area contributed by atoms with E-state index < -0.39 is 20.8 Å². The largest absolute Gasteiger partial charge is 0.478 e. The molecule has 0 unspecified atom stereocenters. The molecule has 1 aliphatic rings. The molecule has 0 amide bonds. The van der Waals surface area contributed by atoms with Gasteiger partial charge in [0.1, 0.15) is 5.56 Å². The van der Waals surface area contributed by atoms with E-state index in [0.29, 0.717) is 17.6 Å². The Hall–Kier alpha value is -1.61. The number of carboxylic acids is 1. The van der Waals surface area contributed by atoms with E-state index in [-0.39, 0.29) is 17.2 Å². The Balaban J connectivity index is 2.59. The predicted molar refractivity (Wildman–Crippen MR) is 67.3 cm³/mol. The first-order chi connectivity index (χ1) is 8.82. The van der Waals surface area contributed by atoms with Gasteiger partial charge in [0.05, 0.1) is 5.69 Å². The monoisotopic (exact) mass is 288 g/mol. The first-order valence-electron chi connectivity index (χ1n) is 5.84. The zero-order chi connectivity index (χ0) is 14.2. The van der Waals surface area contributed by atoms with Crippen molar-refractivity contribution in [2.75, 3.05) is 25.2 Å². The predicted octanol–water partition coefficient (Wildman–Crippen LogP) is -0.834. The molecule has 1 aromatic rings. The molecular formula is C10H16N4O4S.